The van der Waals surface area contributed by atoms with Gasteiger partial charge in [0.05, 0.1) is 0 Å². The van der Waals surface area contributed by atoms with Gasteiger partial charge in [-0.15, -0.1) is 0 Å². The molecule has 0 saturated heterocycles. The van der Waals surface area contributed by atoms with Crippen molar-refractivity contribution in [2.24, 2.45) is 0 Å². The molecular formula is Cl4CsSn. The maximum Gasteiger partial charge on any atom is 0 e. The Morgan fingerprint density at radius 1 is 0.833 bits per heavy atom. The molecule has 6 heteroatoms. The van der Waals surface area contributed by atoms with Crippen molar-refractivity contribution in [3.05, 3.63) is 0 Å². The molecule has 0 atom stereocenters. The molecule has 0 amide bonds. The molecule has 0 aromatic heterocycles. The minimum atomic E-state index is -3.29. The Labute approximate surface area is 114 Å². The zero-order chi connectivity index (χ0) is 4.50. The predicted molar refractivity (Wildman–Crippen MR) is 34.9 cm³/mol. The van der Waals surface area contributed by atoms with Gasteiger partial charge in [-0.3, -0.25) is 0 Å². The molecule has 33 valence electrons. The SMILES string of the molecule is [Cl][Sn]([Cl])([Cl])[Cl].[Cs]. The van der Waals surface area contributed by atoms with Crippen LogP contribution < -0.4 is 0 Å². The van der Waals surface area contributed by atoms with Crippen LogP contribution in [0.1, 0.15) is 0 Å². The molecule has 0 unspecified atom stereocenters. The van der Waals surface area contributed by atoms with Gasteiger partial charge in [0, 0.05) is 68.9 Å². The van der Waals surface area contributed by atoms with E-state index in [0.717, 1.165) is 0 Å². The first kappa shape index (κ1) is 12.7. The molecule has 6 heavy (non-hydrogen) atoms. The van der Waals surface area contributed by atoms with E-state index in [2.05, 4.69) is 0 Å². The quantitative estimate of drug-likeness (QED) is 0.553. The van der Waals surface area contributed by atoms with Crippen LogP contribution in [-0.4, -0.2) is 82.8 Å². The average molecular weight is 393 g/mol. The molecule has 0 aliphatic rings. The molecule has 0 aliphatic heterocycles. The van der Waals surface area contributed by atoms with Gasteiger partial charge in [0.15, 0.2) is 0 Å². The van der Waals surface area contributed by atoms with E-state index in [4.69, 9.17) is 35.7 Å². The Kier molecular flexibility index (Phi) is 12.2. The van der Waals surface area contributed by atoms with Crippen molar-refractivity contribution in [3.63, 3.8) is 0 Å². The summed E-state index contributed by atoms with van der Waals surface area (Å²) in [6.07, 6.45) is 0. The second kappa shape index (κ2) is 5.77. The van der Waals surface area contributed by atoms with E-state index in [1.807, 2.05) is 0 Å². The zero-order valence-electron chi connectivity index (χ0n) is 3.01. The first-order valence-electron chi connectivity index (χ1n) is 0.756. The number of hydrogen-bond donors (Lipinski definition) is 0. The monoisotopic (exact) mass is 393 g/mol. The molecule has 1 radical (unpaired) electrons. The van der Waals surface area contributed by atoms with Gasteiger partial charge in [-0.1, -0.05) is 0 Å². The standard InChI is InChI=1S/4ClH.Cs.Sn/h4*1H;;/q;;;;;+4/p-4. The largest absolute Gasteiger partial charge is 0 e. The van der Waals surface area contributed by atoms with E-state index in [9.17, 15) is 0 Å². The van der Waals surface area contributed by atoms with Gasteiger partial charge in [-0.05, 0) is 0 Å². The Bertz CT molecular complexity index is 23.0. The van der Waals surface area contributed by atoms with Crippen LogP contribution in [0.15, 0.2) is 0 Å². The van der Waals surface area contributed by atoms with Gasteiger partial charge in [0.25, 0.3) is 0 Å². The molecule has 0 N–H and O–H groups in total. The molecule has 0 nitrogen and oxygen atoms in total. The Morgan fingerprint density at radius 2 is 0.833 bits per heavy atom. The van der Waals surface area contributed by atoms with E-state index < -0.39 is 13.9 Å². The molecule has 0 spiro atoms. The average Bonchev–Trinajstić information content (AvgIpc) is 0.722. The molecule has 0 aliphatic carbocycles. The van der Waals surface area contributed by atoms with Gasteiger partial charge < -0.3 is 0 Å². The van der Waals surface area contributed by atoms with E-state index in [1.54, 1.807) is 0 Å². The summed E-state index contributed by atoms with van der Waals surface area (Å²) in [5.41, 5.74) is 0. The van der Waals surface area contributed by atoms with E-state index in [1.165, 1.54) is 0 Å². The molecule has 0 heterocycles. The molecule has 0 fully saturated rings. The van der Waals surface area contributed by atoms with Crippen LogP contribution in [0.3, 0.4) is 0 Å². The minimum absolute atomic E-state index is 0. The zero-order valence-corrected chi connectivity index (χ0v) is 15.2. The van der Waals surface area contributed by atoms with Crippen molar-refractivity contribution < 1.29 is 0 Å². The van der Waals surface area contributed by atoms with Crippen molar-refractivity contribution >= 4 is 118 Å². The van der Waals surface area contributed by atoms with Crippen LogP contribution in [0, 0.1) is 0 Å². The summed E-state index contributed by atoms with van der Waals surface area (Å²) in [4.78, 5) is 0. The molecule has 0 bridgehead atoms. The summed E-state index contributed by atoms with van der Waals surface area (Å²) in [5.74, 6) is 0. The summed E-state index contributed by atoms with van der Waals surface area (Å²) in [7, 11) is 20.1. The van der Waals surface area contributed by atoms with E-state index >= 15 is 0 Å². The van der Waals surface area contributed by atoms with Crippen LogP contribution >= 0.6 is 35.7 Å². The summed E-state index contributed by atoms with van der Waals surface area (Å²) in [6, 6.07) is 0. The van der Waals surface area contributed by atoms with Crippen molar-refractivity contribution in [1.82, 2.24) is 0 Å². The van der Waals surface area contributed by atoms with Gasteiger partial charge >= 0.3 is 49.6 Å². The summed E-state index contributed by atoms with van der Waals surface area (Å²) in [5, 5.41) is 0. The fourth-order valence-electron chi connectivity index (χ4n) is 0. The second-order valence-corrected chi connectivity index (χ2v) is 25.9. The van der Waals surface area contributed by atoms with Crippen LogP contribution in [-0.2, 0) is 0 Å². The van der Waals surface area contributed by atoms with Crippen LogP contribution in [0.5, 0.6) is 0 Å². The number of hydrogen-bond acceptors (Lipinski definition) is 0. The third-order valence-electron chi connectivity index (χ3n) is 0. The fraction of sp³-hybridized carbons (Fsp3) is 0. The summed E-state index contributed by atoms with van der Waals surface area (Å²) >= 11 is -3.29. The van der Waals surface area contributed by atoms with Crippen molar-refractivity contribution in [2.45, 2.75) is 0 Å². The Morgan fingerprint density at radius 3 is 0.833 bits per heavy atom. The summed E-state index contributed by atoms with van der Waals surface area (Å²) in [6.45, 7) is 0. The first-order chi connectivity index (χ1) is 2.00. The molecule has 0 saturated carbocycles. The van der Waals surface area contributed by atoms with Crippen molar-refractivity contribution in [2.75, 3.05) is 0 Å². The second-order valence-electron chi connectivity index (χ2n) is 0.429. The van der Waals surface area contributed by atoms with Gasteiger partial charge in [-0.2, -0.15) is 0 Å². The Balaban J connectivity index is 0. The Hall–Kier alpha value is 4.01. The first-order valence-corrected chi connectivity index (χ1v) is 15.2. The normalized spacial score (nSPS) is 10.0. The minimum Gasteiger partial charge on any atom is 0 e. The molecule has 0 aromatic carbocycles. The molecular weight excluding hydrogens is 393 g/mol. The maximum absolute atomic E-state index is 5.04. The number of rotatable bonds is 0. The van der Waals surface area contributed by atoms with Gasteiger partial charge in [-0.25, -0.2) is 0 Å². The summed E-state index contributed by atoms with van der Waals surface area (Å²) < 4.78 is 0. The van der Waals surface area contributed by atoms with Crippen molar-refractivity contribution in [3.8, 4) is 0 Å². The topological polar surface area (TPSA) is 0 Å². The van der Waals surface area contributed by atoms with Gasteiger partial charge in [0.2, 0.25) is 0 Å². The van der Waals surface area contributed by atoms with Crippen LogP contribution in [0.25, 0.3) is 0 Å². The fourth-order valence-corrected chi connectivity index (χ4v) is 0. The molecule has 0 rings (SSSR count). The third kappa shape index (κ3) is 24.5. The molecule has 0 aromatic rings. The smallest absolute Gasteiger partial charge is 0 e. The van der Waals surface area contributed by atoms with E-state index in [-0.39, 0.29) is 68.9 Å². The number of halogens is 4. The maximum atomic E-state index is 5.04. The predicted octanol–water partition coefficient (Wildman–Crippen LogP) is 2.00. The van der Waals surface area contributed by atoms with Crippen LogP contribution in [0.2, 0.25) is 0 Å². The van der Waals surface area contributed by atoms with Crippen molar-refractivity contribution in [1.29, 1.82) is 0 Å². The van der Waals surface area contributed by atoms with Crippen LogP contribution in [0.4, 0.5) is 0 Å². The van der Waals surface area contributed by atoms with Gasteiger partial charge in [0.1, 0.15) is 0 Å². The van der Waals surface area contributed by atoms with E-state index in [0.29, 0.717) is 0 Å². The third-order valence-corrected chi connectivity index (χ3v) is 0.